The van der Waals surface area contributed by atoms with Gasteiger partial charge in [-0.25, -0.2) is 4.39 Å². The Bertz CT molecular complexity index is 1530. The van der Waals surface area contributed by atoms with Crippen molar-refractivity contribution in [1.82, 2.24) is 19.9 Å². The Labute approximate surface area is 220 Å². The first-order chi connectivity index (χ1) is 18.4. The fourth-order valence-electron chi connectivity index (χ4n) is 5.84. The number of phenols is 1. The Morgan fingerprint density at radius 2 is 1.89 bits per heavy atom. The number of hydrogen-bond acceptors (Lipinski definition) is 7. The third-order valence-electron chi connectivity index (χ3n) is 7.70. The number of hydrogen-bond donors (Lipinski definition) is 1. The molecule has 196 valence electrons. The van der Waals surface area contributed by atoms with Crippen LogP contribution in [0.5, 0.6) is 11.8 Å². The van der Waals surface area contributed by atoms with E-state index in [0.29, 0.717) is 28.6 Å². The van der Waals surface area contributed by atoms with E-state index in [1.54, 1.807) is 26.4 Å². The summed E-state index contributed by atoms with van der Waals surface area (Å²) in [5.41, 5.74) is 0.691. The maximum Gasteiger partial charge on any atom is 0.319 e. The molecule has 2 aromatic heterocycles. The highest BCUT2D eigenvalue weighted by Crippen LogP contribution is 2.41. The monoisotopic (exact) mass is 515 g/mol. The summed E-state index contributed by atoms with van der Waals surface area (Å²) in [6, 6.07) is 10.7. The molecule has 2 aliphatic rings. The fraction of sp³-hybridized carbons (Fsp3) is 0.379. The largest absolute Gasteiger partial charge is 0.508 e. The number of rotatable bonds is 6. The molecular weight excluding hydrogens is 485 g/mol. The lowest BCUT2D eigenvalue weighted by Crippen LogP contribution is -2.37. The van der Waals surface area contributed by atoms with E-state index < -0.39 is 5.82 Å². The average molecular weight is 516 g/mol. The van der Waals surface area contributed by atoms with Gasteiger partial charge in [-0.15, -0.1) is 0 Å². The van der Waals surface area contributed by atoms with Gasteiger partial charge in [0, 0.05) is 38.9 Å². The number of anilines is 1. The second-order valence-electron chi connectivity index (χ2n) is 10.6. The van der Waals surface area contributed by atoms with Crippen LogP contribution < -0.4 is 9.64 Å². The van der Waals surface area contributed by atoms with E-state index in [1.165, 1.54) is 30.2 Å². The second kappa shape index (κ2) is 9.70. The predicted octanol–water partition coefficient (Wildman–Crippen LogP) is 4.78. The van der Waals surface area contributed by atoms with Crippen molar-refractivity contribution in [2.75, 3.05) is 38.7 Å². The van der Waals surface area contributed by atoms with Gasteiger partial charge in [0.1, 0.15) is 29.4 Å². The van der Waals surface area contributed by atoms with Crippen molar-refractivity contribution < 1.29 is 19.0 Å². The van der Waals surface area contributed by atoms with Gasteiger partial charge in [-0.1, -0.05) is 24.3 Å². The number of benzene rings is 2. The quantitative estimate of drug-likeness (QED) is 0.395. The van der Waals surface area contributed by atoms with E-state index in [4.69, 9.17) is 9.72 Å². The van der Waals surface area contributed by atoms with Crippen LogP contribution in [0.1, 0.15) is 25.7 Å². The van der Waals surface area contributed by atoms with Gasteiger partial charge in [0.05, 0.1) is 11.8 Å². The lowest BCUT2D eigenvalue weighted by Gasteiger charge is -2.33. The van der Waals surface area contributed by atoms with Crippen LogP contribution in [0.25, 0.3) is 32.9 Å². The maximum atomic E-state index is 16.3. The van der Waals surface area contributed by atoms with E-state index >= 15 is 4.39 Å². The second-order valence-corrected chi connectivity index (χ2v) is 10.6. The van der Waals surface area contributed by atoms with Gasteiger partial charge in [0.2, 0.25) is 5.91 Å². The summed E-state index contributed by atoms with van der Waals surface area (Å²) in [7, 11) is 3.37. The van der Waals surface area contributed by atoms with Crippen LogP contribution in [0.4, 0.5) is 10.2 Å². The van der Waals surface area contributed by atoms with Crippen molar-refractivity contribution in [3.05, 3.63) is 48.4 Å². The highest BCUT2D eigenvalue weighted by Gasteiger charge is 2.34. The zero-order valence-electron chi connectivity index (χ0n) is 21.5. The van der Waals surface area contributed by atoms with E-state index in [0.717, 1.165) is 23.9 Å². The van der Waals surface area contributed by atoms with Crippen molar-refractivity contribution in [3.63, 3.8) is 0 Å². The van der Waals surface area contributed by atoms with Crippen LogP contribution in [-0.4, -0.2) is 64.7 Å². The number of halogens is 1. The average Bonchev–Trinajstić information content (AvgIpc) is 3.25. The molecule has 4 aromatic rings. The Hall–Kier alpha value is -4.01. The molecule has 8 nitrogen and oxygen atoms in total. The number of fused-ring (bicyclic) bond motifs is 4. The number of phenolic OH excluding ortho intramolecular Hbond substituents is 1. The topological polar surface area (TPSA) is 91.7 Å². The molecule has 2 fully saturated rings. The normalized spacial score (nSPS) is 18.8. The number of carbonyl (C=O) groups is 1. The summed E-state index contributed by atoms with van der Waals surface area (Å²) in [6.45, 7) is 1.79. The molecule has 1 saturated heterocycles. The minimum atomic E-state index is -0.601. The van der Waals surface area contributed by atoms with Gasteiger partial charge >= 0.3 is 6.01 Å². The van der Waals surface area contributed by atoms with Crippen LogP contribution in [-0.2, 0) is 4.79 Å². The van der Waals surface area contributed by atoms with Gasteiger partial charge in [-0.05, 0) is 54.0 Å². The van der Waals surface area contributed by atoms with Gasteiger partial charge < -0.3 is 19.6 Å². The SMILES string of the molecule is CN(C)C(=O)CCOc1nc(N2CC3CCC(C3)C2)c2cnc(-c3cc(O)cc4ccccc34)c(F)c2n1. The van der Waals surface area contributed by atoms with Crippen LogP contribution in [0.15, 0.2) is 42.6 Å². The molecule has 2 unspecified atom stereocenters. The van der Waals surface area contributed by atoms with Crippen molar-refractivity contribution in [1.29, 1.82) is 0 Å². The molecule has 1 aliphatic heterocycles. The zero-order chi connectivity index (χ0) is 26.4. The number of nitrogens with zero attached hydrogens (tertiary/aromatic N) is 5. The third kappa shape index (κ3) is 4.46. The molecule has 0 spiro atoms. The number of aromatic nitrogens is 3. The standard InChI is InChI=1S/C29H30FN5O3/c1-34(2)24(37)9-10-38-29-32-27-23(28(33-29)35-15-17-7-8-18(11-17)16-35)14-31-26(25(27)30)22-13-20(36)12-19-5-3-4-6-21(19)22/h3-6,12-14,17-18,36H,7-11,15-16H2,1-2H3. The summed E-state index contributed by atoms with van der Waals surface area (Å²) >= 11 is 0. The van der Waals surface area contributed by atoms with Crippen LogP contribution in [0, 0.1) is 17.7 Å². The molecule has 38 heavy (non-hydrogen) atoms. The first-order valence-electron chi connectivity index (χ1n) is 13.0. The Kier molecular flexibility index (Phi) is 6.21. The number of pyridine rings is 1. The molecule has 2 bridgehead atoms. The summed E-state index contributed by atoms with van der Waals surface area (Å²) < 4.78 is 22.1. The van der Waals surface area contributed by atoms with Gasteiger partial charge in [-0.3, -0.25) is 9.78 Å². The highest BCUT2D eigenvalue weighted by molar-refractivity contribution is 5.99. The van der Waals surface area contributed by atoms with Crippen molar-refractivity contribution in [2.24, 2.45) is 11.8 Å². The predicted molar refractivity (Wildman–Crippen MR) is 144 cm³/mol. The number of ether oxygens (including phenoxy) is 1. The van der Waals surface area contributed by atoms with E-state index in [-0.39, 0.29) is 41.9 Å². The summed E-state index contributed by atoms with van der Waals surface area (Å²) in [5.74, 6) is 1.15. The molecule has 9 heteroatoms. The summed E-state index contributed by atoms with van der Waals surface area (Å²) in [5, 5.41) is 12.4. The minimum Gasteiger partial charge on any atom is -0.508 e. The number of piperidine rings is 1. The van der Waals surface area contributed by atoms with Crippen LogP contribution in [0.2, 0.25) is 0 Å². The zero-order valence-corrected chi connectivity index (χ0v) is 21.5. The summed E-state index contributed by atoms with van der Waals surface area (Å²) in [4.78, 5) is 29.4. The molecular formula is C29H30FN5O3. The number of carbonyl (C=O) groups excluding carboxylic acids is 1. The van der Waals surface area contributed by atoms with Gasteiger partial charge in [0.25, 0.3) is 0 Å². The van der Waals surface area contributed by atoms with Crippen LogP contribution >= 0.6 is 0 Å². The molecule has 1 aliphatic carbocycles. The molecule has 2 atom stereocenters. The van der Waals surface area contributed by atoms with Crippen molar-refractivity contribution >= 4 is 33.4 Å². The highest BCUT2D eigenvalue weighted by atomic mass is 19.1. The lowest BCUT2D eigenvalue weighted by molar-refractivity contribution is -0.129. The minimum absolute atomic E-state index is 0.0294. The van der Waals surface area contributed by atoms with Crippen molar-refractivity contribution in [2.45, 2.75) is 25.7 Å². The lowest BCUT2D eigenvalue weighted by atomic mass is 9.98. The molecule has 3 heterocycles. The third-order valence-corrected chi connectivity index (χ3v) is 7.70. The summed E-state index contributed by atoms with van der Waals surface area (Å²) in [6.07, 6.45) is 5.40. The van der Waals surface area contributed by atoms with Gasteiger partial charge in [-0.2, -0.15) is 9.97 Å². The number of aromatic hydroxyl groups is 1. The van der Waals surface area contributed by atoms with E-state index in [9.17, 15) is 9.90 Å². The first-order valence-corrected chi connectivity index (χ1v) is 13.0. The van der Waals surface area contributed by atoms with E-state index in [1.807, 2.05) is 24.3 Å². The Morgan fingerprint density at radius 3 is 2.66 bits per heavy atom. The van der Waals surface area contributed by atoms with Crippen molar-refractivity contribution in [3.8, 4) is 23.0 Å². The van der Waals surface area contributed by atoms with Crippen LogP contribution in [0.3, 0.4) is 0 Å². The Balaban J connectivity index is 1.46. The first kappa shape index (κ1) is 24.3. The molecule has 1 saturated carbocycles. The smallest absolute Gasteiger partial charge is 0.319 e. The molecule has 2 aromatic carbocycles. The Morgan fingerprint density at radius 1 is 1.13 bits per heavy atom. The molecule has 6 rings (SSSR count). The number of amides is 1. The van der Waals surface area contributed by atoms with E-state index in [2.05, 4.69) is 14.9 Å². The maximum absolute atomic E-state index is 16.3. The molecule has 1 amide bonds. The molecule has 1 N–H and O–H groups in total. The van der Waals surface area contributed by atoms with Gasteiger partial charge in [0.15, 0.2) is 5.82 Å². The molecule has 0 radical (unpaired) electrons. The fourth-order valence-corrected chi connectivity index (χ4v) is 5.84.